The first-order chi connectivity index (χ1) is 8.56. The highest BCUT2D eigenvalue weighted by molar-refractivity contribution is 6.33. The number of aliphatic hydroxyl groups excluding tert-OH is 1. The molecule has 94 valence electrons. The molecule has 0 saturated carbocycles. The molecule has 7 heteroatoms. The zero-order valence-corrected chi connectivity index (χ0v) is 9.61. The van der Waals surface area contributed by atoms with Crippen LogP contribution in [-0.2, 0) is 6.61 Å². The van der Waals surface area contributed by atoms with Gasteiger partial charge in [0.1, 0.15) is 23.7 Å². The van der Waals surface area contributed by atoms with Crippen LogP contribution in [0.15, 0.2) is 22.7 Å². The van der Waals surface area contributed by atoms with Crippen molar-refractivity contribution in [1.29, 1.82) is 0 Å². The first-order valence-corrected chi connectivity index (χ1v) is 5.21. The van der Waals surface area contributed by atoms with Crippen molar-refractivity contribution < 1.29 is 23.9 Å². The largest absolute Gasteiger partial charge is 0.477 e. The van der Waals surface area contributed by atoms with E-state index in [1.807, 2.05) is 0 Å². The second kappa shape index (κ2) is 4.75. The molecule has 0 aliphatic heterocycles. The lowest BCUT2D eigenvalue weighted by atomic mass is 10.1. The van der Waals surface area contributed by atoms with Gasteiger partial charge in [0.25, 0.3) is 0 Å². The maximum atomic E-state index is 13.7. The van der Waals surface area contributed by atoms with Gasteiger partial charge in [-0.1, -0.05) is 22.8 Å². The van der Waals surface area contributed by atoms with E-state index < -0.39 is 24.0 Å². The van der Waals surface area contributed by atoms with Gasteiger partial charge in [0.2, 0.25) is 0 Å². The normalized spacial score (nSPS) is 10.6. The standard InChI is InChI=1S/C11H7ClFNO4/c12-5-2-1-3-6(13)8(5)10-9(11(16)17)7(4-15)18-14-10/h1-3,15H,4H2,(H,16,17). The number of rotatable bonds is 3. The number of carboxylic acids is 1. The maximum absolute atomic E-state index is 13.7. The molecule has 1 aromatic carbocycles. The van der Waals surface area contributed by atoms with Crippen molar-refractivity contribution in [2.24, 2.45) is 0 Å². The van der Waals surface area contributed by atoms with Crippen LogP contribution in [-0.4, -0.2) is 21.3 Å². The quantitative estimate of drug-likeness (QED) is 0.895. The molecule has 18 heavy (non-hydrogen) atoms. The minimum absolute atomic E-state index is 0.00953. The first kappa shape index (κ1) is 12.5. The molecule has 0 amide bonds. The van der Waals surface area contributed by atoms with Gasteiger partial charge in [0.05, 0.1) is 10.6 Å². The van der Waals surface area contributed by atoms with Gasteiger partial charge in [-0.3, -0.25) is 0 Å². The highest BCUT2D eigenvalue weighted by Gasteiger charge is 2.26. The topological polar surface area (TPSA) is 83.6 Å². The molecule has 0 unspecified atom stereocenters. The molecular formula is C11H7ClFNO4. The summed E-state index contributed by atoms with van der Waals surface area (Å²) in [7, 11) is 0. The Bertz CT molecular complexity index is 591. The number of hydrogen-bond donors (Lipinski definition) is 2. The lowest BCUT2D eigenvalue weighted by molar-refractivity contribution is 0.0691. The Labute approximate surface area is 105 Å². The zero-order valence-electron chi connectivity index (χ0n) is 8.85. The van der Waals surface area contributed by atoms with Gasteiger partial charge >= 0.3 is 5.97 Å². The molecule has 0 fully saturated rings. The van der Waals surface area contributed by atoms with E-state index >= 15 is 0 Å². The van der Waals surface area contributed by atoms with Crippen LogP contribution in [0.1, 0.15) is 16.1 Å². The second-order valence-electron chi connectivity index (χ2n) is 3.39. The van der Waals surface area contributed by atoms with Crippen LogP contribution < -0.4 is 0 Å². The van der Waals surface area contributed by atoms with Crippen molar-refractivity contribution in [3.05, 3.63) is 40.4 Å². The van der Waals surface area contributed by atoms with Crippen LogP contribution in [0.5, 0.6) is 0 Å². The summed E-state index contributed by atoms with van der Waals surface area (Å²) < 4.78 is 18.3. The van der Waals surface area contributed by atoms with Crippen LogP contribution in [0, 0.1) is 5.82 Å². The third-order valence-electron chi connectivity index (χ3n) is 2.32. The zero-order chi connectivity index (χ0) is 13.3. The summed E-state index contributed by atoms with van der Waals surface area (Å²) in [5, 5.41) is 21.4. The third-order valence-corrected chi connectivity index (χ3v) is 2.63. The molecule has 5 nitrogen and oxygen atoms in total. The van der Waals surface area contributed by atoms with Gasteiger partial charge in [-0.05, 0) is 12.1 Å². The van der Waals surface area contributed by atoms with Gasteiger partial charge in [-0.2, -0.15) is 0 Å². The molecule has 0 radical (unpaired) electrons. The van der Waals surface area contributed by atoms with Crippen LogP contribution in [0.4, 0.5) is 4.39 Å². The molecule has 0 aliphatic carbocycles. The average Bonchev–Trinajstić information content (AvgIpc) is 2.72. The fourth-order valence-electron chi connectivity index (χ4n) is 1.55. The molecule has 2 rings (SSSR count). The molecule has 0 bridgehead atoms. The summed E-state index contributed by atoms with van der Waals surface area (Å²) in [5.41, 5.74) is -0.806. The molecule has 0 spiro atoms. The maximum Gasteiger partial charge on any atom is 0.341 e. The second-order valence-corrected chi connectivity index (χ2v) is 3.80. The number of aliphatic hydroxyl groups is 1. The average molecular weight is 272 g/mol. The van der Waals surface area contributed by atoms with Gasteiger partial charge in [-0.25, -0.2) is 9.18 Å². The lowest BCUT2D eigenvalue weighted by Crippen LogP contribution is -2.02. The Morgan fingerprint density at radius 2 is 2.22 bits per heavy atom. The summed E-state index contributed by atoms with van der Waals surface area (Å²) >= 11 is 5.82. The first-order valence-electron chi connectivity index (χ1n) is 4.83. The Morgan fingerprint density at radius 3 is 2.78 bits per heavy atom. The Hall–Kier alpha value is -1.92. The molecule has 0 atom stereocenters. The number of aromatic nitrogens is 1. The van der Waals surface area contributed by atoms with E-state index in [0.717, 1.165) is 6.07 Å². The monoisotopic (exact) mass is 271 g/mol. The molecule has 0 saturated heterocycles. The number of hydrogen-bond acceptors (Lipinski definition) is 4. The van der Waals surface area contributed by atoms with Crippen LogP contribution in [0.2, 0.25) is 5.02 Å². The van der Waals surface area contributed by atoms with Gasteiger partial charge in [0.15, 0.2) is 5.76 Å². The molecule has 1 heterocycles. The molecule has 1 aromatic heterocycles. The summed E-state index contributed by atoms with van der Waals surface area (Å²) in [5.74, 6) is -2.35. The van der Waals surface area contributed by atoms with E-state index in [-0.39, 0.29) is 22.0 Å². The molecule has 2 aromatic rings. The van der Waals surface area contributed by atoms with Crippen molar-refractivity contribution in [3.8, 4) is 11.3 Å². The predicted molar refractivity (Wildman–Crippen MR) is 59.8 cm³/mol. The number of carboxylic acid groups (broad SMARTS) is 1. The molecular weight excluding hydrogens is 265 g/mol. The SMILES string of the molecule is O=C(O)c1c(-c2c(F)cccc2Cl)noc1CO. The summed E-state index contributed by atoms with van der Waals surface area (Å²) in [4.78, 5) is 11.1. The summed E-state index contributed by atoms with van der Waals surface area (Å²) in [6.07, 6.45) is 0. The van der Waals surface area contributed by atoms with Crippen molar-refractivity contribution in [1.82, 2.24) is 5.16 Å². The fourth-order valence-corrected chi connectivity index (χ4v) is 1.80. The van der Waals surface area contributed by atoms with E-state index in [1.54, 1.807) is 0 Å². The Morgan fingerprint density at radius 1 is 1.50 bits per heavy atom. The van der Waals surface area contributed by atoms with Crippen LogP contribution in [0.25, 0.3) is 11.3 Å². The van der Waals surface area contributed by atoms with Gasteiger partial charge in [-0.15, -0.1) is 0 Å². The smallest absolute Gasteiger partial charge is 0.341 e. The Balaban J connectivity index is 2.72. The highest BCUT2D eigenvalue weighted by Crippen LogP contribution is 2.33. The number of carbonyl (C=O) groups is 1. The van der Waals surface area contributed by atoms with Crippen molar-refractivity contribution >= 4 is 17.6 Å². The van der Waals surface area contributed by atoms with Crippen LogP contribution >= 0.6 is 11.6 Å². The minimum atomic E-state index is -1.38. The van der Waals surface area contributed by atoms with E-state index in [4.69, 9.17) is 21.8 Å². The molecule has 2 N–H and O–H groups in total. The molecule has 0 aliphatic rings. The third kappa shape index (κ3) is 1.96. The Kier molecular flexibility index (Phi) is 3.31. The van der Waals surface area contributed by atoms with Gasteiger partial charge < -0.3 is 14.7 Å². The van der Waals surface area contributed by atoms with E-state index in [9.17, 15) is 9.18 Å². The van der Waals surface area contributed by atoms with Crippen LogP contribution in [0.3, 0.4) is 0 Å². The summed E-state index contributed by atoms with van der Waals surface area (Å²) in [6.45, 7) is -0.652. The number of aromatic carboxylic acids is 1. The van der Waals surface area contributed by atoms with Gasteiger partial charge in [0, 0.05) is 0 Å². The van der Waals surface area contributed by atoms with E-state index in [2.05, 4.69) is 9.68 Å². The lowest BCUT2D eigenvalue weighted by Gasteiger charge is -2.03. The fraction of sp³-hybridized carbons (Fsp3) is 0.0909. The number of nitrogens with zero attached hydrogens (tertiary/aromatic N) is 1. The van der Waals surface area contributed by atoms with Crippen molar-refractivity contribution in [2.75, 3.05) is 0 Å². The van der Waals surface area contributed by atoms with E-state index in [0.29, 0.717) is 0 Å². The van der Waals surface area contributed by atoms with E-state index in [1.165, 1.54) is 12.1 Å². The minimum Gasteiger partial charge on any atom is -0.477 e. The van der Waals surface area contributed by atoms with Crippen molar-refractivity contribution in [3.63, 3.8) is 0 Å². The highest BCUT2D eigenvalue weighted by atomic mass is 35.5. The number of benzene rings is 1. The predicted octanol–water partition coefficient (Wildman–Crippen LogP) is 2.32. The van der Waals surface area contributed by atoms with Crippen molar-refractivity contribution in [2.45, 2.75) is 6.61 Å². The summed E-state index contributed by atoms with van der Waals surface area (Å²) in [6, 6.07) is 3.91. The number of halogens is 2.